The van der Waals surface area contributed by atoms with Gasteiger partial charge in [0.05, 0.1) is 0 Å². The van der Waals surface area contributed by atoms with Gasteiger partial charge in [0.15, 0.2) is 0 Å². The van der Waals surface area contributed by atoms with Gasteiger partial charge in [-0.05, 0) is 38.1 Å². The molecule has 0 spiro atoms. The van der Waals surface area contributed by atoms with E-state index < -0.39 is 0 Å². The van der Waals surface area contributed by atoms with Gasteiger partial charge in [0.2, 0.25) is 5.91 Å². The van der Waals surface area contributed by atoms with Crippen molar-refractivity contribution in [2.45, 2.75) is 45.6 Å². The highest BCUT2D eigenvalue weighted by atomic mass is 16.2. The third-order valence-corrected chi connectivity index (χ3v) is 6.14. The molecule has 6 heteroatoms. The molecule has 0 unspecified atom stereocenters. The molecular formula is C19H34N4O2. The Hall–Kier alpha value is -1.30. The van der Waals surface area contributed by atoms with Gasteiger partial charge in [-0.1, -0.05) is 13.8 Å². The monoisotopic (exact) mass is 350 g/mol. The number of rotatable bonds is 3. The van der Waals surface area contributed by atoms with Crippen molar-refractivity contribution < 1.29 is 9.59 Å². The minimum absolute atomic E-state index is 0.206. The molecule has 3 amide bonds. The van der Waals surface area contributed by atoms with Gasteiger partial charge < -0.3 is 19.6 Å². The Labute approximate surface area is 152 Å². The van der Waals surface area contributed by atoms with Gasteiger partial charge in [-0.2, -0.15) is 0 Å². The van der Waals surface area contributed by atoms with Crippen LogP contribution in [0.5, 0.6) is 0 Å². The lowest BCUT2D eigenvalue weighted by Gasteiger charge is -2.48. The van der Waals surface area contributed by atoms with E-state index in [1.54, 1.807) is 0 Å². The summed E-state index contributed by atoms with van der Waals surface area (Å²) in [5.41, 5.74) is 0. The van der Waals surface area contributed by atoms with Gasteiger partial charge in [-0.15, -0.1) is 0 Å². The molecule has 3 rings (SSSR count). The first kappa shape index (κ1) is 18.5. The van der Waals surface area contributed by atoms with E-state index >= 15 is 0 Å². The molecule has 3 saturated heterocycles. The maximum atomic E-state index is 12.8. The number of likely N-dealkylation sites (N-methyl/N-ethyl adjacent to an activating group) is 1. The number of piperazine rings is 1. The lowest BCUT2D eigenvalue weighted by atomic mass is 9.83. The van der Waals surface area contributed by atoms with Gasteiger partial charge in [0.1, 0.15) is 0 Å². The van der Waals surface area contributed by atoms with Crippen LogP contribution >= 0.6 is 0 Å². The van der Waals surface area contributed by atoms with Crippen LogP contribution in [0.4, 0.5) is 4.79 Å². The smallest absolute Gasteiger partial charge is 0.320 e. The standard InChI is InChI=1S/C19H34N4O2/c1-15(2)6-9-23-17-7-8-22(14-16(17)4-5-18(23)24)19(25)21-12-10-20(3)11-13-21/h15-17H,4-14H2,1-3H3/t16-,17+/m1/s1. The summed E-state index contributed by atoms with van der Waals surface area (Å²) in [6.45, 7) is 10.5. The van der Waals surface area contributed by atoms with E-state index in [0.717, 1.165) is 65.1 Å². The first-order valence-electron chi connectivity index (χ1n) is 9.97. The highest BCUT2D eigenvalue weighted by molar-refractivity contribution is 5.78. The number of likely N-dealkylation sites (tertiary alicyclic amines) is 2. The van der Waals surface area contributed by atoms with Gasteiger partial charge in [-0.25, -0.2) is 4.79 Å². The van der Waals surface area contributed by atoms with Crippen molar-refractivity contribution >= 4 is 11.9 Å². The van der Waals surface area contributed by atoms with Crippen LogP contribution in [-0.2, 0) is 4.79 Å². The molecule has 0 bridgehead atoms. The summed E-state index contributed by atoms with van der Waals surface area (Å²) in [5, 5.41) is 0. The largest absolute Gasteiger partial charge is 0.339 e. The number of fused-ring (bicyclic) bond motifs is 1. The van der Waals surface area contributed by atoms with Crippen LogP contribution < -0.4 is 0 Å². The Morgan fingerprint density at radius 3 is 2.48 bits per heavy atom. The van der Waals surface area contributed by atoms with Crippen molar-refractivity contribution in [1.82, 2.24) is 19.6 Å². The van der Waals surface area contributed by atoms with Crippen molar-refractivity contribution in [3.63, 3.8) is 0 Å². The summed E-state index contributed by atoms with van der Waals surface area (Å²) >= 11 is 0. The van der Waals surface area contributed by atoms with E-state index in [4.69, 9.17) is 0 Å². The second-order valence-corrected chi connectivity index (χ2v) is 8.44. The predicted octanol–water partition coefficient (Wildman–Crippen LogP) is 1.71. The molecular weight excluding hydrogens is 316 g/mol. The highest BCUT2D eigenvalue weighted by Crippen LogP contribution is 2.32. The van der Waals surface area contributed by atoms with Crippen molar-refractivity contribution in [2.75, 3.05) is 52.9 Å². The molecule has 0 aliphatic carbocycles. The molecule has 3 fully saturated rings. The fourth-order valence-electron chi connectivity index (χ4n) is 4.41. The molecule has 0 radical (unpaired) electrons. The maximum absolute atomic E-state index is 12.8. The number of urea groups is 1. The normalized spacial score (nSPS) is 28.5. The van der Waals surface area contributed by atoms with Crippen LogP contribution in [0.3, 0.4) is 0 Å². The van der Waals surface area contributed by atoms with Gasteiger partial charge in [-0.3, -0.25) is 4.79 Å². The summed E-state index contributed by atoms with van der Waals surface area (Å²) in [7, 11) is 2.11. The Morgan fingerprint density at radius 1 is 1.08 bits per heavy atom. The average Bonchev–Trinajstić information content (AvgIpc) is 2.60. The molecule has 0 aromatic carbocycles. The van der Waals surface area contributed by atoms with Gasteiger partial charge in [0, 0.05) is 58.3 Å². The van der Waals surface area contributed by atoms with Gasteiger partial charge in [0.25, 0.3) is 0 Å². The lowest BCUT2D eigenvalue weighted by molar-refractivity contribution is -0.140. The molecule has 0 N–H and O–H groups in total. The summed E-state index contributed by atoms with van der Waals surface area (Å²) in [5.74, 6) is 1.39. The molecule has 2 atom stereocenters. The number of nitrogens with zero attached hydrogens (tertiary/aromatic N) is 4. The molecule has 0 saturated carbocycles. The van der Waals surface area contributed by atoms with Crippen LogP contribution in [0.25, 0.3) is 0 Å². The minimum atomic E-state index is 0.206. The quantitative estimate of drug-likeness (QED) is 0.779. The van der Waals surface area contributed by atoms with Crippen molar-refractivity contribution in [1.29, 1.82) is 0 Å². The van der Waals surface area contributed by atoms with E-state index in [9.17, 15) is 9.59 Å². The summed E-state index contributed by atoms with van der Waals surface area (Å²) in [6.07, 6.45) is 3.59. The zero-order valence-electron chi connectivity index (χ0n) is 16.1. The molecule has 25 heavy (non-hydrogen) atoms. The van der Waals surface area contributed by atoms with Crippen molar-refractivity contribution in [2.24, 2.45) is 11.8 Å². The van der Waals surface area contributed by atoms with Crippen LogP contribution in [0, 0.1) is 11.8 Å². The van der Waals surface area contributed by atoms with E-state index in [0.29, 0.717) is 30.2 Å². The summed E-state index contributed by atoms with van der Waals surface area (Å²) in [6, 6.07) is 0.550. The van der Waals surface area contributed by atoms with Crippen molar-refractivity contribution in [3.05, 3.63) is 0 Å². The first-order valence-corrected chi connectivity index (χ1v) is 9.97. The summed E-state index contributed by atoms with van der Waals surface area (Å²) < 4.78 is 0. The van der Waals surface area contributed by atoms with E-state index in [1.165, 1.54) is 0 Å². The molecule has 3 aliphatic rings. The zero-order chi connectivity index (χ0) is 18.0. The average molecular weight is 351 g/mol. The third-order valence-electron chi connectivity index (χ3n) is 6.14. The molecule has 0 aromatic rings. The van der Waals surface area contributed by atoms with E-state index in [-0.39, 0.29) is 6.03 Å². The van der Waals surface area contributed by atoms with Crippen LogP contribution in [0.1, 0.15) is 39.5 Å². The second-order valence-electron chi connectivity index (χ2n) is 8.44. The van der Waals surface area contributed by atoms with Crippen LogP contribution in [-0.4, -0.2) is 90.4 Å². The number of carbonyl (C=O) groups is 2. The fraction of sp³-hybridized carbons (Fsp3) is 0.895. The Bertz CT molecular complexity index is 488. The molecule has 0 aromatic heterocycles. The number of piperidine rings is 2. The van der Waals surface area contributed by atoms with E-state index in [2.05, 4.69) is 30.7 Å². The van der Waals surface area contributed by atoms with Gasteiger partial charge >= 0.3 is 6.03 Å². The molecule has 3 aliphatic heterocycles. The Balaban J connectivity index is 1.58. The van der Waals surface area contributed by atoms with Crippen molar-refractivity contribution in [3.8, 4) is 0 Å². The molecule has 6 nitrogen and oxygen atoms in total. The second kappa shape index (κ2) is 7.94. The lowest BCUT2D eigenvalue weighted by Crippen LogP contribution is -2.60. The third kappa shape index (κ3) is 4.27. The molecule has 3 heterocycles. The maximum Gasteiger partial charge on any atom is 0.320 e. The summed E-state index contributed by atoms with van der Waals surface area (Å²) in [4.78, 5) is 33.7. The minimum Gasteiger partial charge on any atom is -0.339 e. The predicted molar refractivity (Wildman–Crippen MR) is 98.3 cm³/mol. The first-order chi connectivity index (χ1) is 12.0. The van der Waals surface area contributed by atoms with E-state index in [1.807, 2.05) is 9.80 Å². The number of carbonyl (C=O) groups excluding carboxylic acids is 2. The SMILES string of the molecule is CC(C)CCN1C(=O)CC[C@@H]2CN(C(=O)N3CCN(C)CC3)CC[C@@H]21. The zero-order valence-corrected chi connectivity index (χ0v) is 16.1. The highest BCUT2D eigenvalue weighted by Gasteiger charge is 2.40. The number of amides is 3. The topological polar surface area (TPSA) is 47.1 Å². The van der Waals surface area contributed by atoms with Crippen LogP contribution in [0.2, 0.25) is 0 Å². The fourth-order valence-corrected chi connectivity index (χ4v) is 4.41. The Kier molecular flexibility index (Phi) is 5.87. The Morgan fingerprint density at radius 2 is 1.80 bits per heavy atom. The number of hydrogen-bond acceptors (Lipinski definition) is 3. The van der Waals surface area contributed by atoms with Crippen LogP contribution in [0.15, 0.2) is 0 Å². The molecule has 142 valence electrons. The number of hydrogen-bond donors (Lipinski definition) is 0.